The van der Waals surface area contributed by atoms with Crippen molar-refractivity contribution in [1.82, 2.24) is 0 Å². The van der Waals surface area contributed by atoms with Gasteiger partial charge in [0.25, 0.3) is 0 Å². The Labute approximate surface area is 83.4 Å². The van der Waals surface area contributed by atoms with E-state index in [1.807, 2.05) is 0 Å². The normalized spacial score (nSPS) is 37.8. The summed E-state index contributed by atoms with van der Waals surface area (Å²) in [5.41, 5.74) is 0. The van der Waals surface area contributed by atoms with Gasteiger partial charge in [0.1, 0.15) is 0 Å². The molecule has 0 aliphatic heterocycles. The quantitative estimate of drug-likeness (QED) is 0.702. The van der Waals surface area contributed by atoms with Gasteiger partial charge in [0, 0.05) is 0 Å². The van der Waals surface area contributed by atoms with Crippen molar-refractivity contribution in [3.8, 4) is 0 Å². The second-order valence-electron chi connectivity index (χ2n) is 4.64. The molecule has 2 nitrogen and oxygen atoms in total. The van der Waals surface area contributed by atoms with Gasteiger partial charge in [-0.15, -0.1) is 0 Å². The van der Waals surface area contributed by atoms with Crippen LogP contribution in [0.15, 0.2) is 0 Å². The van der Waals surface area contributed by atoms with Gasteiger partial charge in [-0.3, -0.25) is 0 Å². The summed E-state index contributed by atoms with van der Waals surface area (Å²) >= 11 is -1.62. The summed E-state index contributed by atoms with van der Waals surface area (Å²) in [5.74, 6) is 1.60. The molecule has 3 heteroatoms. The second-order valence-corrected chi connectivity index (χ2v) is 5.80. The van der Waals surface area contributed by atoms with E-state index in [1.165, 1.54) is 6.42 Å². The molecule has 1 saturated carbocycles. The third kappa shape index (κ3) is 2.78. The topological polar surface area (TPSA) is 37.3 Å². The lowest BCUT2D eigenvalue weighted by atomic mass is 9.77. The molecule has 0 spiro atoms. The van der Waals surface area contributed by atoms with Crippen molar-refractivity contribution in [3.63, 3.8) is 0 Å². The van der Waals surface area contributed by atoms with Gasteiger partial charge in [0.2, 0.25) is 0 Å². The molecule has 1 rings (SSSR count). The third-order valence-electron chi connectivity index (χ3n) is 3.22. The van der Waals surface area contributed by atoms with Crippen LogP contribution in [-0.2, 0) is 11.1 Å². The molecule has 0 saturated heterocycles. The fourth-order valence-electron chi connectivity index (χ4n) is 2.35. The highest BCUT2D eigenvalue weighted by Gasteiger charge is 2.34. The zero-order chi connectivity index (χ0) is 10.0. The number of rotatable bonds is 2. The predicted octanol–water partition coefficient (Wildman–Crippen LogP) is 2.67. The van der Waals surface area contributed by atoms with Gasteiger partial charge < -0.3 is 4.55 Å². The zero-order valence-corrected chi connectivity index (χ0v) is 9.51. The summed E-state index contributed by atoms with van der Waals surface area (Å²) in [6.45, 7) is 6.48. The van der Waals surface area contributed by atoms with Crippen molar-refractivity contribution in [3.05, 3.63) is 0 Å². The van der Waals surface area contributed by atoms with Crippen LogP contribution in [0.3, 0.4) is 0 Å². The molecule has 0 heterocycles. The van der Waals surface area contributed by atoms with Crippen LogP contribution in [0.5, 0.6) is 0 Å². The summed E-state index contributed by atoms with van der Waals surface area (Å²) in [7, 11) is 0. The number of hydrogen-bond acceptors (Lipinski definition) is 1. The molecule has 13 heavy (non-hydrogen) atoms. The standard InChI is InChI=1S/C10H20O2S/c1-7(2)9-5-4-8(3)6-10(9)13(11)12/h7-10H,4-6H2,1-3H3,(H,11,12)/t8-,9?,10?/m0/s1. The van der Waals surface area contributed by atoms with Gasteiger partial charge in [0.15, 0.2) is 11.1 Å². The van der Waals surface area contributed by atoms with E-state index in [-0.39, 0.29) is 5.25 Å². The Hall–Kier alpha value is 0.110. The van der Waals surface area contributed by atoms with Gasteiger partial charge in [-0.05, 0) is 30.6 Å². The monoisotopic (exact) mass is 204 g/mol. The van der Waals surface area contributed by atoms with Crippen LogP contribution in [0, 0.1) is 17.8 Å². The Kier molecular flexibility index (Phi) is 3.92. The predicted molar refractivity (Wildman–Crippen MR) is 55.9 cm³/mol. The van der Waals surface area contributed by atoms with E-state index < -0.39 is 11.1 Å². The van der Waals surface area contributed by atoms with Gasteiger partial charge in [-0.2, -0.15) is 0 Å². The van der Waals surface area contributed by atoms with Crippen molar-refractivity contribution in [1.29, 1.82) is 0 Å². The van der Waals surface area contributed by atoms with Crippen molar-refractivity contribution < 1.29 is 8.76 Å². The lowest BCUT2D eigenvalue weighted by molar-refractivity contribution is 0.235. The minimum Gasteiger partial charge on any atom is -0.306 e. The SMILES string of the molecule is CC(C)C1CC[C@H](C)CC1S(=O)O. The molecule has 3 unspecified atom stereocenters. The van der Waals surface area contributed by atoms with E-state index >= 15 is 0 Å². The molecule has 1 aliphatic carbocycles. The van der Waals surface area contributed by atoms with E-state index in [0.717, 1.165) is 12.8 Å². The van der Waals surface area contributed by atoms with E-state index in [9.17, 15) is 8.76 Å². The fourth-order valence-corrected chi connectivity index (χ4v) is 3.59. The first-order valence-corrected chi connectivity index (χ1v) is 6.29. The van der Waals surface area contributed by atoms with Crippen LogP contribution in [-0.4, -0.2) is 14.0 Å². The first kappa shape index (κ1) is 11.2. The van der Waals surface area contributed by atoms with Gasteiger partial charge >= 0.3 is 0 Å². The van der Waals surface area contributed by atoms with Crippen molar-refractivity contribution in [2.75, 3.05) is 0 Å². The molecule has 0 aromatic rings. The van der Waals surface area contributed by atoms with Gasteiger partial charge in [-0.1, -0.05) is 27.2 Å². The Morgan fingerprint density at radius 1 is 1.38 bits per heavy atom. The molecule has 78 valence electrons. The highest BCUT2D eigenvalue weighted by Crippen LogP contribution is 2.35. The first-order chi connectivity index (χ1) is 6.02. The minimum absolute atomic E-state index is 0.0174. The molecule has 0 aromatic carbocycles. The Morgan fingerprint density at radius 3 is 2.46 bits per heavy atom. The molecular formula is C10H20O2S. The molecule has 1 N–H and O–H groups in total. The maximum atomic E-state index is 11.1. The van der Waals surface area contributed by atoms with E-state index in [0.29, 0.717) is 17.8 Å². The van der Waals surface area contributed by atoms with Crippen LogP contribution in [0.25, 0.3) is 0 Å². The van der Waals surface area contributed by atoms with E-state index in [1.54, 1.807) is 0 Å². The summed E-state index contributed by atoms with van der Waals surface area (Å²) in [4.78, 5) is 0. The lowest BCUT2D eigenvalue weighted by Gasteiger charge is -2.35. The molecule has 1 fully saturated rings. The lowest BCUT2D eigenvalue weighted by Crippen LogP contribution is -2.35. The Morgan fingerprint density at radius 2 is 2.00 bits per heavy atom. The Balaban J connectivity index is 2.66. The van der Waals surface area contributed by atoms with Crippen molar-refractivity contribution in [2.45, 2.75) is 45.3 Å². The van der Waals surface area contributed by atoms with Crippen molar-refractivity contribution >= 4 is 11.1 Å². The first-order valence-electron chi connectivity index (χ1n) is 5.12. The van der Waals surface area contributed by atoms with Crippen LogP contribution in [0.4, 0.5) is 0 Å². The fraction of sp³-hybridized carbons (Fsp3) is 1.00. The van der Waals surface area contributed by atoms with Crippen LogP contribution >= 0.6 is 0 Å². The smallest absolute Gasteiger partial charge is 0.156 e. The zero-order valence-electron chi connectivity index (χ0n) is 8.69. The van der Waals surface area contributed by atoms with Crippen molar-refractivity contribution in [2.24, 2.45) is 17.8 Å². The summed E-state index contributed by atoms with van der Waals surface area (Å²) in [5, 5.41) is 0.0174. The summed E-state index contributed by atoms with van der Waals surface area (Å²) < 4.78 is 20.3. The molecule has 0 radical (unpaired) electrons. The maximum Gasteiger partial charge on any atom is 0.156 e. The molecule has 1 aliphatic rings. The van der Waals surface area contributed by atoms with E-state index in [2.05, 4.69) is 20.8 Å². The largest absolute Gasteiger partial charge is 0.306 e. The van der Waals surface area contributed by atoms with Gasteiger partial charge in [0.05, 0.1) is 5.25 Å². The molecule has 0 amide bonds. The average molecular weight is 204 g/mol. The summed E-state index contributed by atoms with van der Waals surface area (Å²) in [6, 6.07) is 0. The van der Waals surface area contributed by atoms with Crippen LogP contribution < -0.4 is 0 Å². The highest BCUT2D eigenvalue weighted by molar-refractivity contribution is 7.79. The maximum absolute atomic E-state index is 11.1. The summed E-state index contributed by atoms with van der Waals surface area (Å²) in [6.07, 6.45) is 3.26. The Bertz CT molecular complexity index is 191. The molecule has 0 bridgehead atoms. The molecular weight excluding hydrogens is 184 g/mol. The molecule has 0 aromatic heterocycles. The van der Waals surface area contributed by atoms with Crippen LogP contribution in [0.2, 0.25) is 0 Å². The van der Waals surface area contributed by atoms with Crippen LogP contribution in [0.1, 0.15) is 40.0 Å². The number of hydrogen-bond donors (Lipinski definition) is 1. The minimum atomic E-state index is -1.62. The average Bonchev–Trinajstić information content (AvgIpc) is 2.03. The molecule has 4 atom stereocenters. The van der Waals surface area contributed by atoms with Gasteiger partial charge in [-0.25, -0.2) is 4.21 Å². The highest BCUT2D eigenvalue weighted by atomic mass is 32.2. The van der Waals surface area contributed by atoms with E-state index in [4.69, 9.17) is 0 Å². The second kappa shape index (κ2) is 4.56. The third-order valence-corrected chi connectivity index (χ3v) is 4.28.